The number of aliphatic carboxylic acids is 1. The number of ether oxygens (including phenoxy) is 2. The van der Waals surface area contributed by atoms with E-state index >= 15 is 0 Å². The average Bonchev–Trinajstić information content (AvgIpc) is 2.16. The molecule has 0 bridgehead atoms. The molecule has 0 heterocycles. The smallest absolute Gasteiger partial charge is 0.333 e. The van der Waals surface area contributed by atoms with Crippen molar-refractivity contribution < 1.29 is 29.0 Å². The second-order valence-electron chi connectivity index (χ2n) is 3.01. The summed E-state index contributed by atoms with van der Waals surface area (Å²) in [6.07, 6.45) is -0.619. The molecule has 5 N–H and O–H groups in total. The molecule has 0 saturated heterocycles. The minimum atomic E-state index is -1.39. The summed E-state index contributed by atoms with van der Waals surface area (Å²) in [7, 11) is 1.32. The number of hydrogen-bond donors (Lipinski definition) is 3. The topological polar surface area (TPSA) is 142 Å². The van der Waals surface area contributed by atoms with Gasteiger partial charge >= 0.3 is 17.9 Å². The molecule has 0 saturated carbocycles. The Morgan fingerprint density at radius 3 is 2.12 bits per heavy atom. The SMILES string of the molecule is COC[C@H](N)C(=O)OC(=O)[C@@H](N)CC(=O)O. The average molecular weight is 234 g/mol. The molecule has 0 unspecified atom stereocenters. The summed E-state index contributed by atoms with van der Waals surface area (Å²) in [5, 5.41) is 8.34. The van der Waals surface area contributed by atoms with E-state index in [4.69, 9.17) is 16.6 Å². The Bertz CT molecular complexity index is 280. The quantitative estimate of drug-likeness (QED) is 0.348. The van der Waals surface area contributed by atoms with Crippen LogP contribution in [0.3, 0.4) is 0 Å². The standard InChI is InChI=1S/C8H14N2O6/c1-15-3-5(10)8(14)16-7(13)4(9)2-6(11)12/h4-5H,2-3,9-10H2,1H3,(H,11,12)/t4-,5-/m0/s1. The Hall–Kier alpha value is -1.51. The van der Waals surface area contributed by atoms with Crippen molar-refractivity contribution in [3.63, 3.8) is 0 Å². The van der Waals surface area contributed by atoms with Crippen LogP contribution in [0.15, 0.2) is 0 Å². The fraction of sp³-hybridized carbons (Fsp3) is 0.625. The van der Waals surface area contributed by atoms with Crippen molar-refractivity contribution in [2.75, 3.05) is 13.7 Å². The predicted octanol–water partition coefficient (Wildman–Crippen LogP) is -2.17. The van der Waals surface area contributed by atoms with Gasteiger partial charge in [0, 0.05) is 7.11 Å². The number of hydrogen-bond acceptors (Lipinski definition) is 7. The van der Waals surface area contributed by atoms with E-state index in [1.54, 1.807) is 0 Å². The first-order valence-electron chi connectivity index (χ1n) is 4.36. The summed E-state index contributed by atoms with van der Waals surface area (Å²) >= 11 is 0. The third-order valence-corrected chi connectivity index (χ3v) is 1.55. The lowest BCUT2D eigenvalue weighted by molar-refractivity contribution is -0.163. The summed E-state index contributed by atoms with van der Waals surface area (Å²) in [4.78, 5) is 32.4. The molecule has 0 aliphatic rings. The Balaban J connectivity index is 4.13. The molecule has 0 aliphatic heterocycles. The van der Waals surface area contributed by atoms with Crippen LogP contribution in [0.25, 0.3) is 0 Å². The normalized spacial score (nSPS) is 13.9. The van der Waals surface area contributed by atoms with Crippen LogP contribution < -0.4 is 11.5 Å². The first-order chi connectivity index (χ1) is 7.38. The van der Waals surface area contributed by atoms with E-state index in [2.05, 4.69) is 9.47 Å². The fourth-order valence-corrected chi connectivity index (χ4v) is 0.770. The zero-order valence-corrected chi connectivity index (χ0v) is 8.71. The first kappa shape index (κ1) is 14.5. The minimum Gasteiger partial charge on any atom is -0.481 e. The maximum Gasteiger partial charge on any atom is 0.333 e. The van der Waals surface area contributed by atoms with E-state index in [1.807, 2.05) is 0 Å². The number of methoxy groups -OCH3 is 1. The summed E-state index contributed by atoms with van der Waals surface area (Å²) in [5.74, 6) is -3.40. The van der Waals surface area contributed by atoms with Crippen LogP contribution in [0.2, 0.25) is 0 Å². The van der Waals surface area contributed by atoms with Gasteiger partial charge in [-0.25, -0.2) is 9.59 Å². The van der Waals surface area contributed by atoms with Crippen LogP contribution in [-0.2, 0) is 23.9 Å². The number of esters is 2. The number of carboxylic acid groups (broad SMARTS) is 1. The maximum absolute atomic E-state index is 11.1. The lowest BCUT2D eigenvalue weighted by Crippen LogP contribution is -2.42. The number of carbonyl (C=O) groups is 3. The van der Waals surface area contributed by atoms with Gasteiger partial charge in [-0.05, 0) is 0 Å². The number of carboxylic acids is 1. The summed E-state index contributed by atoms with van der Waals surface area (Å²) in [6.45, 7) is -0.111. The molecule has 16 heavy (non-hydrogen) atoms. The zero-order chi connectivity index (χ0) is 12.7. The molecule has 0 aromatic rings. The molecular weight excluding hydrogens is 220 g/mol. The van der Waals surface area contributed by atoms with Crippen LogP contribution in [0.1, 0.15) is 6.42 Å². The van der Waals surface area contributed by atoms with Gasteiger partial charge in [0.15, 0.2) is 0 Å². The van der Waals surface area contributed by atoms with E-state index in [0.717, 1.165) is 0 Å². The van der Waals surface area contributed by atoms with Gasteiger partial charge in [0.2, 0.25) is 0 Å². The van der Waals surface area contributed by atoms with Gasteiger partial charge in [0.25, 0.3) is 0 Å². The van der Waals surface area contributed by atoms with Gasteiger partial charge in [0.1, 0.15) is 12.1 Å². The van der Waals surface area contributed by atoms with Gasteiger partial charge in [-0.2, -0.15) is 0 Å². The van der Waals surface area contributed by atoms with Crippen molar-refractivity contribution in [1.82, 2.24) is 0 Å². The van der Waals surface area contributed by atoms with Crippen molar-refractivity contribution in [2.24, 2.45) is 11.5 Å². The number of rotatable bonds is 6. The molecule has 0 fully saturated rings. The largest absolute Gasteiger partial charge is 0.481 e. The molecule has 2 atom stereocenters. The monoisotopic (exact) mass is 234 g/mol. The van der Waals surface area contributed by atoms with Gasteiger partial charge < -0.3 is 26.0 Å². The molecule has 0 aromatic heterocycles. The molecule has 0 spiro atoms. The van der Waals surface area contributed by atoms with Crippen molar-refractivity contribution in [2.45, 2.75) is 18.5 Å². The minimum absolute atomic E-state index is 0.111. The maximum atomic E-state index is 11.1. The highest BCUT2D eigenvalue weighted by molar-refractivity contribution is 5.92. The molecule has 0 aromatic carbocycles. The Morgan fingerprint density at radius 1 is 1.19 bits per heavy atom. The van der Waals surface area contributed by atoms with Crippen LogP contribution in [-0.4, -0.2) is 48.8 Å². The Labute approximate surface area is 91.5 Å². The molecule has 0 rings (SSSR count). The van der Waals surface area contributed by atoms with Gasteiger partial charge in [-0.1, -0.05) is 0 Å². The Morgan fingerprint density at radius 2 is 1.69 bits per heavy atom. The van der Waals surface area contributed by atoms with Crippen LogP contribution >= 0.6 is 0 Å². The third kappa shape index (κ3) is 5.39. The fourth-order valence-electron chi connectivity index (χ4n) is 0.770. The molecule has 92 valence electrons. The summed E-state index contributed by atoms with van der Waals surface area (Å²) in [5.41, 5.74) is 10.4. The van der Waals surface area contributed by atoms with E-state index in [1.165, 1.54) is 7.11 Å². The summed E-state index contributed by atoms with van der Waals surface area (Å²) < 4.78 is 8.83. The third-order valence-electron chi connectivity index (χ3n) is 1.55. The highest BCUT2D eigenvalue weighted by atomic mass is 16.6. The van der Waals surface area contributed by atoms with Crippen LogP contribution in [0, 0.1) is 0 Å². The van der Waals surface area contributed by atoms with Crippen molar-refractivity contribution >= 4 is 17.9 Å². The van der Waals surface area contributed by atoms with E-state index < -0.39 is 36.4 Å². The molecule has 8 nitrogen and oxygen atoms in total. The molecule has 8 heteroatoms. The van der Waals surface area contributed by atoms with E-state index in [9.17, 15) is 14.4 Å². The Kier molecular flexibility index (Phi) is 6.23. The molecule has 0 radical (unpaired) electrons. The van der Waals surface area contributed by atoms with Crippen LogP contribution in [0.5, 0.6) is 0 Å². The van der Waals surface area contributed by atoms with Crippen molar-refractivity contribution in [1.29, 1.82) is 0 Å². The first-order valence-corrected chi connectivity index (χ1v) is 4.36. The molecule has 0 aliphatic carbocycles. The lowest BCUT2D eigenvalue weighted by atomic mass is 10.2. The van der Waals surface area contributed by atoms with Crippen LogP contribution in [0.4, 0.5) is 0 Å². The van der Waals surface area contributed by atoms with E-state index in [0.29, 0.717) is 0 Å². The van der Waals surface area contributed by atoms with Gasteiger partial charge in [0.05, 0.1) is 13.0 Å². The van der Waals surface area contributed by atoms with Crippen molar-refractivity contribution in [3.8, 4) is 0 Å². The van der Waals surface area contributed by atoms with Gasteiger partial charge in [-0.3, -0.25) is 4.79 Å². The molecular formula is C8H14N2O6. The zero-order valence-electron chi connectivity index (χ0n) is 8.71. The summed E-state index contributed by atoms with van der Waals surface area (Å²) in [6, 6.07) is -2.50. The number of nitrogens with two attached hydrogens (primary N) is 2. The number of carbonyl (C=O) groups excluding carboxylic acids is 2. The van der Waals surface area contributed by atoms with Crippen molar-refractivity contribution in [3.05, 3.63) is 0 Å². The lowest BCUT2D eigenvalue weighted by Gasteiger charge is -2.11. The van der Waals surface area contributed by atoms with E-state index in [-0.39, 0.29) is 6.61 Å². The highest BCUT2D eigenvalue weighted by Gasteiger charge is 2.24. The second kappa shape index (κ2) is 6.88. The molecule has 0 amide bonds. The second-order valence-corrected chi connectivity index (χ2v) is 3.01. The van der Waals surface area contributed by atoms with Gasteiger partial charge in [-0.15, -0.1) is 0 Å². The highest BCUT2D eigenvalue weighted by Crippen LogP contribution is 1.95. The predicted molar refractivity (Wildman–Crippen MR) is 51.2 cm³/mol.